The quantitative estimate of drug-likeness (QED) is 0.167. The van der Waals surface area contributed by atoms with Crippen LogP contribution in [-0.2, 0) is 0 Å². The van der Waals surface area contributed by atoms with E-state index in [2.05, 4.69) is 46.1 Å². The average Bonchev–Trinajstić information content (AvgIpc) is 3.64. The maximum atomic E-state index is 17.2. The van der Waals surface area contributed by atoms with Gasteiger partial charge in [-0.05, 0) is 67.3 Å². The Labute approximate surface area is 283 Å². The van der Waals surface area contributed by atoms with Crippen LogP contribution in [0.4, 0.5) is 14.6 Å². The molecular weight excluding hydrogens is 632 g/mol. The fourth-order valence-corrected chi connectivity index (χ4v) is 8.96. The molecule has 48 heavy (non-hydrogen) atoms. The number of halogens is 3. The summed E-state index contributed by atoms with van der Waals surface area (Å²) in [6.07, 6.45) is 10.3. The summed E-state index contributed by atoms with van der Waals surface area (Å²) >= 11 is 6.93. The molecule has 1 aromatic heterocycles. The largest absolute Gasteiger partial charge is 0.508 e. The molecule has 0 aliphatic carbocycles. The van der Waals surface area contributed by atoms with Gasteiger partial charge in [-0.15, -0.1) is 6.42 Å². The van der Waals surface area contributed by atoms with Gasteiger partial charge in [0.25, 0.3) is 0 Å². The number of aromatic nitrogens is 2. The van der Waals surface area contributed by atoms with Crippen LogP contribution in [0.15, 0.2) is 54.6 Å². The molecule has 7 nitrogen and oxygen atoms in total. The van der Waals surface area contributed by atoms with Crippen molar-refractivity contribution in [2.45, 2.75) is 56.1 Å². The molecule has 2 N–H and O–H groups in total. The maximum Gasteiger partial charge on any atom is 0.319 e. The van der Waals surface area contributed by atoms with Gasteiger partial charge >= 0.3 is 6.01 Å². The van der Waals surface area contributed by atoms with E-state index in [4.69, 9.17) is 27.7 Å². The monoisotopic (exact) mass is 667 g/mol. The van der Waals surface area contributed by atoms with Crippen molar-refractivity contribution in [1.82, 2.24) is 20.2 Å². The summed E-state index contributed by atoms with van der Waals surface area (Å²) in [4.78, 5) is 14.1. The molecule has 2 unspecified atom stereocenters. The van der Waals surface area contributed by atoms with Crippen LogP contribution < -0.4 is 15.0 Å². The summed E-state index contributed by atoms with van der Waals surface area (Å²) in [5.41, 5.74) is 1.99. The van der Waals surface area contributed by atoms with Crippen molar-refractivity contribution in [3.05, 3.63) is 76.9 Å². The van der Waals surface area contributed by atoms with Crippen LogP contribution >= 0.6 is 11.6 Å². The first-order chi connectivity index (χ1) is 23.0. The van der Waals surface area contributed by atoms with Crippen molar-refractivity contribution in [3.63, 3.8) is 0 Å². The van der Waals surface area contributed by atoms with Gasteiger partial charge in [-0.25, -0.2) is 8.78 Å². The van der Waals surface area contributed by atoms with Crippen molar-refractivity contribution in [3.8, 4) is 35.2 Å². The lowest BCUT2D eigenvalue weighted by atomic mass is 9.92. The lowest BCUT2D eigenvalue weighted by molar-refractivity contribution is 0.108. The van der Waals surface area contributed by atoms with E-state index in [0.717, 1.165) is 56.3 Å². The summed E-state index contributed by atoms with van der Waals surface area (Å²) in [6, 6.07) is 7.51. The summed E-state index contributed by atoms with van der Waals surface area (Å²) in [7, 11) is 0. The van der Waals surface area contributed by atoms with Crippen LogP contribution in [0, 0.1) is 24.0 Å². The number of benzene rings is 3. The fourth-order valence-electron chi connectivity index (χ4n) is 8.67. The Hall–Kier alpha value is -4.23. The maximum absolute atomic E-state index is 17.2. The zero-order valence-corrected chi connectivity index (χ0v) is 27.6. The first-order valence-electron chi connectivity index (χ1n) is 16.4. The SMILES string of the molecule is C#Cc1c(F)ccc2cc(O)cc(-c3c(Cl)cc4c(N5CC6CCC(CC)(C5)N6)nc(OCC56CC(=C)CN5CC(=C)C6)nc4c3F)c12. The van der Waals surface area contributed by atoms with E-state index in [1.807, 2.05) is 0 Å². The molecular formula is C38H36ClF2N5O2. The number of terminal acetylenes is 1. The topological polar surface area (TPSA) is 73.8 Å². The number of phenolic OH excluding ortho intramolecular Hbond substituents is 1. The van der Waals surface area contributed by atoms with Gasteiger partial charge in [0.15, 0.2) is 5.82 Å². The highest BCUT2D eigenvalue weighted by atomic mass is 35.5. The molecule has 4 saturated heterocycles. The van der Waals surface area contributed by atoms with E-state index in [1.54, 1.807) is 6.07 Å². The van der Waals surface area contributed by atoms with Gasteiger partial charge in [0.05, 0.1) is 16.1 Å². The Morgan fingerprint density at radius 2 is 1.94 bits per heavy atom. The lowest BCUT2D eigenvalue weighted by Crippen LogP contribution is -2.59. The molecule has 4 fully saturated rings. The van der Waals surface area contributed by atoms with Crippen LogP contribution in [0.2, 0.25) is 5.02 Å². The fraction of sp³-hybridized carbons (Fsp3) is 0.368. The van der Waals surface area contributed by atoms with Crippen molar-refractivity contribution in [1.29, 1.82) is 0 Å². The summed E-state index contributed by atoms with van der Waals surface area (Å²) in [6.45, 7) is 13.9. The second-order valence-corrected chi connectivity index (χ2v) is 14.5. The van der Waals surface area contributed by atoms with Gasteiger partial charge in [-0.2, -0.15) is 9.97 Å². The average molecular weight is 668 g/mol. The van der Waals surface area contributed by atoms with Crippen LogP contribution in [-0.4, -0.2) is 69.9 Å². The Morgan fingerprint density at radius 1 is 1.17 bits per heavy atom. The molecule has 2 atom stereocenters. The molecule has 8 rings (SSSR count). The Bertz CT molecular complexity index is 2090. The predicted molar refractivity (Wildman–Crippen MR) is 186 cm³/mol. The van der Waals surface area contributed by atoms with Crippen LogP contribution in [0.3, 0.4) is 0 Å². The van der Waals surface area contributed by atoms with Gasteiger partial charge in [0, 0.05) is 54.1 Å². The summed E-state index contributed by atoms with van der Waals surface area (Å²) < 4.78 is 38.6. The molecule has 4 aromatic rings. The Balaban J connectivity index is 1.31. The third-order valence-corrected chi connectivity index (χ3v) is 11.1. The van der Waals surface area contributed by atoms with Gasteiger partial charge in [0.2, 0.25) is 0 Å². The molecule has 246 valence electrons. The first-order valence-corrected chi connectivity index (χ1v) is 16.8. The van der Waals surface area contributed by atoms with Crippen molar-refractivity contribution < 1.29 is 18.6 Å². The molecule has 0 radical (unpaired) electrons. The highest BCUT2D eigenvalue weighted by Gasteiger charge is 2.48. The third-order valence-electron chi connectivity index (χ3n) is 10.8. The predicted octanol–water partition coefficient (Wildman–Crippen LogP) is 7.13. The number of anilines is 1. The van der Waals surface area contributed by atoms with Gasteiger partial charge < -0.3 is 20.1 Å². The van der Waals surface area contributed by atoms with Crippen LogP contribution in [0.25, 0.3) is 32.8 Å². The van der Waals surface area contributed by atoms with E-state index in [1.165, 1.54) is 24.3 Å². The molecule has 0 saturated carbocycles. The highest BCUT2D eigenvalue weighted by molar-refractivity contribution is 6.35. The van der Waals surface area contributed by atoms with Crippen molar-refractivity contribution in [2.24, 2.45) is 0 Å². The molecule has 0 spiro atoms. The van der Waals surface area contributed by atoms with Crippen molar-refractivity contribution in [2.75, 3.05) is 37.7 Å². The lowest BCUT2D eigenvalue weighted by Gasteiger charge is -2.42. The minimum absolute atomic E-state index is 0.0157. The summed E-state index contributed by atoms with van der Waals surface area (Å²) in [5.74, 6) is 1.43. The number of phenols is 1. The molecule has 3 aromatic carbocycles. The summed E-state index contributed by atoms with van der Waals surface area (Å²) in [5, 5.41) is 15.7. The number of hydrogen-bond acceptors (Lipinski definition) is 7. The molecule has 0 amide bonds. The van der Waals surface area contributed by atoms with E-state index in [-0.39, 0.29) is 61.5 Å². The minimum atomic E-state index is -0.739. The normalized spacial score (nSPS) is 23.3. The molecule has 4 aliphatic heterocycles. The molecule has 2 bridgehead atoms. The van der Waals surface area contributed by atoms with E-state index in [0.29, 0.717) is 36.3 Å². The zero-order valence-electron chi connectivity index (χ0n) is 26.8. The number of nitrogens with one attached hydrogen (secondary N) is 1. The number of hydrogen-bond donors (Lipinski definition) is 2. The number of aromatic hydroxyl groups is 1. The molecule has 10 heteroatoms. The molecule has 5 heterocycles. The first kappa shape index (κ1) is 31.1. The van der Waals surface area contributed by atoms with E-state index >= 15 is 4.39 Å². The standard InChI is InChI=1S/C38H36ClF2N5O2/c1-5-26-30(40)8-7-23-11-25(47)12-27(31(23)26)32-29(39)13-28-34(33(32)41)42-36(48-20-38-14-21(3)16-46(38)17-22(4)15-38)43-35(28)45-18-24-9-10-37(6-2,19-45)44-24/h1,7-8,11-13,24,44,47H,3-4,6,9-10,14-20H2,2H3. The number of piperazine rings is 1. The number of nitrogens with zero attached hydrogens (tertiary/aromatic N) is 4. The molecule has 4 aliphatic rings. The van der Waals surface area contributed by atoms with Gasteiger partial charge in [-0.3, -0.25) is 4.90 Å². The smallest absolute Gasteiger partial charge is 0.319 e. The van der Waals surface area contributed by atoms with Gasteiger partial charge in [-0.1, -0.05) is 54.8 Å². The Kier molecular flexibility index (Phi) is 7.22. The van der Waals surface area contributed by atoms with Crippen LogP contribution in [0.5, 0.6) is 11.8 Å². The zero-order chi connectivity index (χ0) is 33.5. The van der Waals surface area contributed by atoms with Crippen LogP contribution in [0.1, 0.15) is 44.6 Å². The number of rotatable bonds is 6. The second kappa shape index (κ2) is 11.2. The Morgan fingerprint density at radius 3 is 2.67 bits per heavy atom. The van der Waals surface area contributed by atoms with E-state index < -0.39 is 11.6 Å². The second-order valence-electron chi connectivity index (χ2n) is 14.0. The number of ether oxygens (including phenoxy) is 1. The highest BCUT2D eigenvalue weighted by Crippen LogP contribution is 2.46. The third kappa shape index (κ3) is 4.84. The van der Waals surface area contributed by atoms with Gasteiger partial charge in [0.1, 0.15) is 29.5 Å². The number of fused-ring (bicyclic) bond motifs is 5. The van der Waals surface area contributed by atoms with E-state index in [9.17, 15) is 9.50 Å². The minimum Gasteiger partial charge on any atom is -0.508 e. The van der Waals surface area contributed by atoms with Crippen molar-refractivity contribution >= 4 is 39.1 Å².